The highest BCUT2D eigenvalue weighted by molar-refractivity contribution is 7.12. The molecule has 6 aromatic rings. The number of carbonyl (C=O) groups excluding carboxylic acids is 4. The van der Waals surface area contributed by atoms with Gasteiger partial charge in [-0.05, 0) is 115 Å². The number of halogens is 3. The third kappa shape index (κ3) is 8.63. The lowest BCUT2D eigenvalue weighted by atomic mass is 9.99. The van der Waals surface area contributed by atoms with Gasteiger partial charge < -0.3 is 44.6 Å². The van der Waals surface area contributed by atoms with Crippen molar-refractivity contribution >= 4 is 46.2 Å². The maximum atomic E-state index is 16.9. The van der Waals surface area contributed by atoms with Crippen molar-refractivity contribution in [3.8, 4) is 39.5 Å². The number of fused-ring (bicyclic) bond motifs is 5. The van der Waals surface area contributed by atoms with Gasteiger partial charge in [-0.1, -0.05) is 6.07 Å². The molecule has 20 heteroatoms. The highest BCUT2D eigenvalue weighted by Crippen LogP contribution is 2.50. The molecule has 2 aromatic carbocycles. The summed E-state index contributed by atoms with van der Waals surface area (Å²) in [6.45, 7) is 5.59. The number of ether oxygens (including phenoxy) is 3. The van der Waals surface area contributed by atoms with Crippen LogP contribution in [0.1, 0.15) is 112 Å². The number of nitrogens with one attached hydrogen (secondary N) is 4. The SMILES string of the molecule is COC(=O)NC(C(=O)N1CCC[C@H]1c1ncc(-c2cc(F)c3c(c2)OC(c2ccc(C4CC4)s2)n2c-3cc3cc(-c4cnc([C@@H]5CCCN5C(=O)C(NC(=O)OC)C(C)(C)F)[nH]4)ccc32)[nH]1)C(C)(C)F. The van der Waals surface area contributed by atoms with Crippen LogP contribution in [0.25, 0.3) is 44.7 Å². The van der Waals surface area contributed by atoms with Crippen molar-refractivity contribution in [2.24, 2.45) is 0 Å². The molecule has 3 unspecified atom stereocenters. The van der Waals surface area contributed by atoms with Crippen LogP contribution < -0.4 is 15.4 Å². The summed E-state index contributed by atoms with van der Waals surface area (Å²) in [6.07, 6.45) is 5.48. The number of H-pyrrole nitrogens is 2. The smallest absolute Gasteiger partial charge is 0.407 e. The van der Waals surface area contributed by atoms with Gasteiger partial charge in [-0.25, -0.2) is 32.7 Å². The van der Waals surface area contributed by atoms with E-state index in [0.29, 0.717) is 84.7 Å². The Bertz CT molecular complexity index is 3020. The molecule has 2 saturated heterocycles. The lowest BCUT2D eigenvalue weighted by molar-refractivity contribution is -0.138. The van der Waals surface area contributed by atoms with Crippen LogP contribution in [0.2, 0.25) is 0 Å². The van der Waals surface area contributed by atoms with E-state index in [-0.39, 0.29) is 5.56 Å². The molecule has 5 atom stereocenters. The van der Waals surface area contributed by atoms with Gasteiger partial charge in [-0.2, -0.15) is 0 Å². The van der Waals surface area contributed by atoms with E-state index in [4.69, 9.17) is 4.74 Å². The number of methoxy groups -OCH3 is 2. The molecule has 1 saturated carbocycles. The minimum absolute atomic E-state index is 0.285. The van der Waals surface area contributed by atoms with Gasteiger partial charge in [0.15, 0.2) is 0 Å². The van der Waals surface area contributed by atoms with E-state index in [9.17, 15) is 19.2 Å². The van der Waals surface area contributed by atoms with Gasteiger partial charge in [0, 0.05) is 34.5 Å². The molecule has 70 heavy (non-hydrogen) atoms. The highest BCUT2D eigenvalue weighted by atomic mass is 32.1. The summed E-state index contributed by atoms with van der Waals surface area (Å²) in [5.41, 5.74) is -0.00725. The molecule has 3 aliphatic heterocycles. The minimum Gasteiger partial charge on any atom is -0.464 e. The lowest BCUT2D eigenvalue weighted by Gasteiger charge is -2.32. The zero-order valence-corrected chi connectivity index (χ0v) is 40.3. The first-order chi connectivity index (χ1) is 33.4. The number of likely N-dealkylation sites (tertiary alicyclic amines) is 2. The van der Waals surface area contributed by atoms with E-state index >= 15 is 13.2 Å². The summed E-state index contributed by atoms with van der Waals surface area (Å²) >= 11 is 1.69. The number of imidazole rings is 2. The van der Waals surface area contributed by atoms with Crippen molar-refractivity contribution in [1.29, 1.82) is 0 Å². The topological polar surface area (TPSA) is 189 Å². The average molecular weight is 982 g/mol. The van der Waals surface area contributed by atoms with Gasteiger partial charge in [0.1, 0.15) is 46.6 Å². The normalized spacial score (nSPS) is 19.9. The molecule has 10 rings (SSSR count). The molecule has 368 valence electrons. The van der Waals surface area contributed by atoms with E-state index in [1.54, 1.807) is 34.7 Å². The maximum Gasteiger partial charge on any atom is 0.407 e. The highest BCUT2D eigenvalue weighted by Gasteiger charge is 2.45. The summed E-state index contributed by atoms with van der Waals surface area (Å²) in [6, 6.07) is 11.3. The van der Waals surface area contributed by atoms with Gasteiger partial charge in [0.2, 0.25) is 18.0 Å². The summed E-state index contributed by atoms with van der Waals surface area (Å²) in [5, 5.41) is 5.53. The molecule has 4 amide bonds. The number of rotatable bonds is 12. The Kier molecular flexibility index (Phi) is 12.0. The van der Waals surface area contributed by atoms with Crippen molar-refractivity contribution in [3.05, 3.63) is 88.1 Å². The van der Waals surface area contributed by atoms with E-state index in [2.05, 4.69) is 52.2 Å². The molecule has 0 radical (unpaired) electrons. The number of carbonyl (C=O) groups is 4. The van der Waals surface area contributed by atoms with Gasteiger partial charge in [0.05, 0.1) is 71.7 Å². The zero-order chi connectivity index (χ0) is 49.4. The number of alkyl halides is 2. The number of aromatic amines is 2. The van der Waals surface area contributed by atoms with Crippen LogP contribution in [0.15, 0.2) is 60.9 Å². The Labute approximate surface area is 405 Å². The number of benzene rings is 2. The number of hydrogen-bond acceptors (Lipinski definition) is 10. The first kappa shape index (κ1) is 46.9. The number of alkyl carbamates (subject to hydrolysis) is 2. The van der Waals surface area contributed by atoms with Crippen molar-refractivity contribution in [2.45, 2.75) is 114 Å². The molecule has 16 nitrogen and oxygen atoms in total. The monoisotopic (exact) mass is 981 g/mol. The van der Waals surface area contributed by atoms with Gasteiger partial charge in [0.25, 0.3) is 0 Å². The fraction of sp³-hybridized carbons (Fsp3) is 0.440. The molecule has 0 bridgehead atoms. The molecule has 7 heterocycles. The van der Waals surface area contributed by atoms with E-state index in [0.717, 1.165) is 48.4 Å². The van der Waals surface area contributed by atoms with Crippen LogP contribution in [-0.4, -0.2) is 109 Å². The molecular formula is C50H54F3N9O7S. The Balaban J connectivity index is 0.964. The van der Waals surface area contributed by atoms with E-state index in [1.165, 1.54) is 43.5 Å². The van der Waals surface area contributed by atoms with Crippen molar-refractivity contribution in [2.75, 3.05) is 27.3 Å². The average Bonchev–Trinajstić information content (AvgIpc) is 4.05. The first-order valence-electron chi connectivity index (χ1n) is 23.4. The predicted octanol–water partition coefficient (Wildman–Crippen LogP) is 9.38. The number of nitrogens with zero attached hydrogens (tertiary/aromatic N) is 5. The quantitative estimate of drug-likeness (QED) is 0.0926. The zero-order valence-electron chi connectivity index (χ0n) is 39.5. The van der Waals surface area contributed by atoms with Gasteiger partial charge >= 0.3 is 12.2 Å². The van der Waals surface area contributed by atoms with Crippen LogP contribution in [0.5, 0.6) is 5.75 Å². The molecule has 4 N–H and O–H groups in total. The van der Waals surface area contributed by atoms with Crippen molar-refractivity contribution in [1.82, 2.24) is 44.9 Å². The molecule has 3 fully saturated rings. The maximum absolute atomic E-state index is 16.9. The summed E-state index contributed by atoms with van der Waals surface area (Å²) in [4.78, 5) is 73.0. The second kappa shape index (κ2) is 17.8. The number of amides is 4. The Morgan fingerprint density at radius 3 is 1.86 bits per heavy atom. The second-order valence-corrected chi connectivity index (χ2v) is 20.6. The van der Waals surface area contributed by atoms with Crippen LogP contribution in [0, 0.1) is 5.82 Å². The van der Waals surface area contributed by atoms with Gasteiger partial charge in [-0.15, -0.1) is 11.3 Å². The van der Waals surface area contributed by atoms with Crippen LogP contribution in [-0.2, 0) is 19.1 Å². The molecule has 4 aliphatic rings. The van der Waals surface area contributed by atoms with E-state index in [1.807, 2.05) is 28.8 Å². The minimum atomic E-state index is -2.09. The van der Waals surface area contributed by atoms with E-state index < -0.39 is 71.6 Å². The van der Waals surface area contributed by atoms with Crippen molar-refractivity contribution in [3.63, 3.8) is 0 Å². The fourth-order valence-electron chi connectivity index (χ4n) is 10.0. The van der Waals surface area contributed by atoms with Crippen molar-refractivity contribution < 1.29 is 46.6 Å². The summed E-state index contributed by atoms with van der Waals surface area (Å²) < 4.78 is 65.8. The number of hydrogen-bond donors (Lipinski definition) is 4. The summed E-state index contributed by atoms with van der Waals surface area (Å²) in [5.74, 6) is 0.109. The third-order valence-electron chi connectivity index (χ3n) is 13.8. The summed E-state index contributed by atoms with van der Waals surface area (Å²) in [7, 11) is 2.30. The standard InChI is InChI=1S/C50H54F3N9O7S/c1-49(2,52)40(58-47(65)67-5)44(63)60-17-7-9-33(60)42-54-23-30(56-42)26-13-14-32-28(19-26)21-35-39-29(51)20-27(22-36(39)69-46(62(32)35)38-16-15-37(70-38)25-11-12-25)31-24-55-43(57-31)34-10-8-18-61(34)45(64)41(50(3,4)53)59-48(66)68-6/h13-16,19-25,33-34,40-41,46H,7-12,17-18H2,1-6H3,(H,54,56)(H,55,57)(H,58,65)(H,59,66)/t33-,34-,40?,41?,46?/m0/s1. The number of aromatic nitrogens is 5. The Hall–Kier alpha value is -6.83. The molecule has 0 spiro atoms. The van der Waals surface area contributed by atoms with Gasteiger partial charge in [-0.3, -0.25) is 14.2 Å². The Morgan fingerprint density at radius 2 is 1.31 bits per heavy atom. The predicted molar refractivity (Wildman–Crippen MR) is 254 cm³/mol. The lowest BCUT2D eigenvalue weighted by Crippen LogP contribution is -2.56. The first-order valence-corrected chi connectivity index (χ1v) is 24.3. The molecule has 4 aromatic heterocycles. The van der Waals surface area contributed by atoms with Crippen LogP contribution in [0.3, 0.4) is 0 Å². The third-order valence-corrected chi connectivity index (χ3v) is 15.0. The second-order valence-electron chi connectivity index (χ2n) is 19.5. The Morgan fingerprint density at radius 1 is 0.757 bits per heavy atom. The van der Waals surface area contributed by atoms with Crippen LogP contribution in [0.4, 0.5) is 22.8 Å². The number of thiophene rings is 1. The molecule has 1 aliphatic carbocycles. The largest absolute Gasteiger partial charge is 0.464 e. The fourth-order valence-corrected chi connectivity index (χ4v) is 11.2. The molecular weight excluding hydrogens is 928 g/mol. The van der Waals surface area contributed by atoms with Crippen LogP contribution >= 0.6 is 11.3 Å².